The predicted molar refractivity (Wildman–Crippen MR) is 116 cm³/mol. The Balaban J connectivity index is 1.30. The molecule has 0 spiro atoms. The van der Waals surface area contributed by atoms with Crippen LogP contribution in [0.25, 0.3) is 0 Å². The lowest BCUT2D eigenvalue weighted by Gasteiger charge is -2.37. The third kappa shape index (κ3) is 4.66. The Morgan fingerprint density at radius 2 is 1.94 bits per heavy atom. The molecule has 0 aromatic carbocycles. The highest BCUT2D eigenvalue weighted by Gasteiger charge is 2.45. The van der Waals surface area contributed by atoms with Crippen molar-refractivity contribution >= 4 is 5.91 Å². The molecule has 2 aliphatic carbocycles. The van der Waals surface area contributed by atoms with Crippen molar-refractivity contribution in [1.82, 2.24) is 24.9 Å². The molecule has 5 rings (SSSR count). The number of amides is 1. The first-order valence-corrected chi connectivity index (χ1v) is 11.9. The van der Waals surface area contributed by atoms with Gasteiger partial charge in [0, 0.05) is 43.9 Å². The van der Waals surface area contributed by atoms with Gasteiger partial charge in [-0.2, -0.15) is 0 Å². The molecule has 3 fully saturated rings. The molecule has 31 heavy (non-hydrogen) atoms. The van der Waals surface area contributed by atoms with Gasteiger partial charge in [-0.25, -0.2) is 4.68 Å². The topological polar surface area (TPSA) is 73.1 Å². The summed E-state index contributed by atoms with van der Waals surface area (Å²) in [6.07, 6.45) is 13.5. The van der Waals surface area contributed by atoms with Crippen LogP contribution in [0.5, 0.6) is 0 Å². The normalized spacial score (nSPS) is 28.0. The van der Waals surface area contributed by atoms with Gasteiger partial charge in [0.2, 0.25) is 0 Å². The highest BCUT2D eigenvalue weighted by Crippen LogP contribution is 2.43. The van der Waals surface area contributed by atoms with Gasteiger partial charge in [-0.3, -0.25) is 9.78 Å². The van der Waals surface area contributed by atoms with E-state index < -0.39 is 0 Å². The third-order valence-corrected chi connectivity index (χ3v) is 7.23. The third-order valence-electron chi connectivity index (χ3n) is 7.23. The van der Waals surface area contributed by atoms with Gasteiger partial charge in [-0.05, 0) is 68.4 Å². The first-order chi connectivity index (χ1) is 15.2. The van der Waals surface area contributed by atoms with E-state index in [1.54, 1.807) is 12.4 Å². The van der Waals surface area contributed by atoms with Gasteiger partial charge in [0.15, 0.2) is 0 Å². The van der Waals surface area contributed by atoms with E-state index in [4.69, 9.17) is 4.74 Å². The predicted octanol–water partition coefficient (Wildman–Crippen LogP) is 3.53. The number of fused-ring (bicyclic) bond motifs is 1. The van der Waals surface area contributed by atoms with Crippen molar-refractivity contribution in [3.05, 3.63) is 42.0 Å². The van der Waals surface area contributed by atoms with Crippen LogP contribution in [0.15, 0.2) is 30.7 Å². The maximum Gasteiger partial charge on any atom is 0.253 e. The van der Waals surface area contributed by atoms with Crippen molar-refractivity contribution in [2.24, 2.45) is 17.8 Å². The highest BCUT2D eigenvalue weighted by atomic mass is 16.5. The van der Waals surface area contributed by atoms with Gasteiger partial charge in [0.05, 0.1) is 17.8 Å². The van der Waals surface area contributed by atoms with Gasteiger partial charge < -0.3 is 9.64 Å². The van der Waals surface area contributed by atoms with Crippen molar-refractivity contribution in [1.29, 1.82) is 0 Å². The van der Waals surface area contributed by atoms with Crippen LogP contribution in [-0.4, -0.2) is 56.6 Å². The lowest BCUT2D eigenvalue weighted by atomic mass is 9.77. The molecule has 1 saturated heterocycles. The molecule has 166 valence electrons. The second-order valence-electron chi connectivity index (χ2n) is 9.61. The summed E-state index contributed by atoms with van der Waals surface area (Å²) in [6.45, 7) is 4.69. The second kappa shape index (κ2) is 9.07. The van der Waals surface area contributed by atoms with Crippen LogP contribution in [-0.2, 0) is 11.2 Å². The summed E-state index contributed by atoms with van der Waals surface area (Å²) in [5, 5.41) is 8.93. The van der Waals surface area contributed by atoms with Gasteiger partial charge >= 0.3 is 0 Å². The number of nitrogens with zero attached hydrogens (tertiary/aromatic N) is 5. The molecule has 1 amide bonds. The SMILES string of the molecule is CCCCc1cn([C@@H]2C[C@@H]3CN(C(=O)c4ccncc4)C[C@@H]3C[C@H]2OCC2CC2)nn1. The number of aryl methyl sites for hydroxylation is 1. The first kappa shape index (κ1) is 20.6. The van der Waals surface area contributed by atoms with Crippen LogP contribution in [0, 0.1) is 17.8 Å². The van der Waals surface area contributed by atoms with Crippen LogP contribution in [0.4, 0.5) is 0 Å². The summed E-state index contributed by atoms with van der Waals surface area (Å²) in [5.41, 5.74) is 1.80. The zero-order valence-electron chi connectivity index (χ0n) is 18.4. The number of hydrogen-bond donors (Lipinski definition) is 0. The molecular weight excluding hydrogens is 390 g/mol. The van der Waals surface area contributed by atoms with Crippen molar-refractivity contribution in [3.8, 4) is 0 Å². The lowest BCUT2D eigenvalue weighted by molar-refractivity contribution is -0.0375. The molecule has 7 nitrogen and oxygen atoms in total. The standard InChI is InChI=1S/C24H33N5O2/c1-2-3-4-21-15-29(27-26-21)22-11-19-13-28(24(30)18-7-9-25-10-8-18)14-20(19)12-23(22)31-16-17-5-6-17/h7-10,15,17,19-20,22-23H,2-6,11-14,16H2,1H3/t19-,20+,22-,23-/m1/s1. The lowest BCUT2D eigenvalue weighted by Crippen LogP contribution is -2.38. The Labute approximate surface area is 184 Å². The van der Waals surface area contributed by atoms with Crippen molar-refractivity contribution in [3.63, 3.8) is 0 Å². The van der Waals surface area contributed by atoms with Gasteiger partial charge in [-0.1, -0.05) is 18.6 Å². The van der Waals surface area contributed by atoms with Gasteiger partial charge in [0.1, 0.15) is 0 Å². The largest absolute Gasteiger partial charge is 0.376 e. The molecule has 4 atom stereocenters. The summed E-state index contributed by atoms with van der Waals surface area (Å²) in [7, 11) is 0. The average molecular weight is 424 g/mol. The molecule has 3 aliphatic rings. The van der Waals surface area contributed by atoms with Crippen LogP contribution in [0.1, 0.15) is 67.5 Å². The quantitative estimate of drug-likeness (QED) is 0.649. The number of ether oxygens (including phenoxy) is 1. The smallest absolute Gasteiger partial charge is 0.253 e. The molecule has 3 heterocycles. The zero-order chi connectivity index (χ0) is 21.2. The van der Waals surface area contributed by atoms with Crippen molar-refractivity contribution in [2.75, 3.05) is 19.7 Å². The summed E-state index contributed by atoms with van der Waals surface area (Å²) >= 11 is 0. The monoisotopic (exact) mass is 423 g/mol. The average Bonchev–Trinajstić information content (AvgIpc) is 3.35. The fourth-order valence-corrected chi connectivity index (χ4v) is 5.18. The number of hydrogen-bond acceptors (Lipinski definition) is 5. The first-order valence-electron chi connectivity index (χ1n) is 11.9. The molecule has 0 radical (unpaired) electrons. The fraction of sp³-hybridized carbons (Fsp3) is 0.667. The van der Waals surface area contributed by atoms with Crippen LogP contribution in [0.2, 0.25) is 0 Å². The van der Waals surface area contributed by atoms with Crippen LogP contribution < -0.4 is 0 Å². The summed E-state index contributed by atoms with van der Waals surface area (Å²) in [5.74, 6) is 1.84. The van der Waals surface area contributed by atoms with E-state index in [0.29, 0.717) is 11.8 Å². The summed E-state index contributed by atoms with van der Waals surface area (Å²) in [4.78, 5) is 19.1. The van der Waals surface area contributed by atoms with E-state index in [2.05, 4.69) is 33.1 Å². The van der Waals surface area contributed by atoms with E-state index >= 15 is 0 Å². The summed E-state index contributed by atoms with van der Waals surface area (Å²) < 4.78 is 8.51. The van der Waals surface area contributed by atoms with Crippen molar-refractivity contribution < 1.29 is 9.53 Å². The number of unbranched alkanes of at least 4 members (excludes halogenated alkanes) is 1. The number of carbonyl (C=O) groups is 1. The Kier molecular flexibility index (Phi) is 6.03. The highest BCUT2D eigenvalue weighted by molar-refractivity contribution is 5.94. The van der Waals surface area contributed by atoms with E-state index in [1.165, 1.54) is 12.8 Å². The Bertz CT molecular complexity index is 881. The molecular formula is C24H33N5O2. The number of aromatic nitrogens is 4. The molecule has 7 heteroatoms. The van der Waals surface area contributed by atoms with Crippen LogP contribution >= 0.6 is 0 Å². The van der Waals surface area contributed by atoms with Gasteiger partial charge in [0.25, 0.3) is 5.91 Å². The molecule has 1 aliphatic heterocycles. The Morgan fingerprint density at radius 3 is 2.68 bits per heavy atom. The summed E-state index contributed by atoms with van der Waals surface area (Å²) in [6, 6.07) is 3.82. The molecule has 2 aromatic rings. The number of pyridine rings is 1. The molecule has 2 saturated carbocycles. The molecule has 0 N–H and O–H groups in total. The minimum atomic E-state index is 0.117. The van der Waals surface area contributed by atoms with Crippen LogP contribution in [0.3, 0.4) is 0 Å². The Hall–Kier alpha value is -2.28. The van der Waals surface area contributed by atoms with E-state index in [9.17, 15) is 4.79 Å². The number of rotatable bonds is 8. The van der Waals surface area contributed by atoms with E-state index in [-0.39, 0.29) is 18.1 Å². The van der Waals surface area contributed by atoms with E-state index in [1.807, 2.05) is 17.0 Å². The minimum Gasteiger partial charge on any atom is -0.376 e. The Morgan fingerprint density at radius 1 is 1.16 bits per heavy atom. The fourth-order valence-electron chi connectivity index (χ4n) is 5.18. The van der Waals surface area contributed by atoms with Crippen molar-refractivity contribution in [2.45, 2.75) is 64.0 Å². The molecule has 2 aromatic heterocycles. The maximum atomic E-state index is 13.0. The van der Waals surface area contributed by atoms with Gasteiger partial charge in [-0.15, -0.1) is 5.10 Å². The second-order valence-corrected chi connectivity index (χ2v) is 9.61. The maximum absolute atomic E-state index is 13.0. The minimum absolute atomic E-state index is 0.117. The zero-order valence-corrected chi connectivity index (χ0v) is 18.4. The molecule has 0 bridgehead atoms. The van der Waals surface area contributed by atoms with E-state index in [0.717, 1.165) is 69.0 Å². The molecule has 0 unspecified atom stereocenters. The number of likely N-dealkylation sites (tertiary alicyclic amines) is 1. The number of carbonyl (C=O) groups excluding carboxylic acids is 1.